The molecule has 0 N–H and O–H groups in total. The molecule has 3 rings (SSSR count). The van der Waals surface area contributed by atoms with E-state index in [0.717, 1.165) is 6.42 Å². The molecule has 2 heteroatoms. The fraction of sp³-hybridized carbons (Fsp3) is 0.500. The highest BCUT2D eigenvalue weighted by Crippen LogP contribution is 2.60. The van der Waals surface area contributed by atoms with Crippen molar-refractivity contribution < 1.29 is 4.79 Å². The topological polar surface area (TPSA) is 20.3 Å². The summed E-state index contributed by atoms with van der Waals surface area (Å²) >= 11 is 0. The van der Waals surface area contributed by atoms with Crippen molar-refractivity contribution in [1.82, 2.24) is 4.90 Å². The molecule has 2 nitrogen and oxygen atoms in total. The monoisotopic (exact) mass is 215 g/mol. The molecule has 0 spiro atoms. The van der Waals surface area contributed by atoms with Gasteiger partial charge in [-0.3, -0.25) is 4.79 Å². The van der Waals surface area contributed by atoms with Gasteiger partial charge in [0, 0.05) is 20.0 Å². The van der Waals surface area contributed by atoms with E-state index in [4.69, 9.17) is 0 Å². The summed E-state index contributed by atoms with van der Waals surface area (Å²) in [7, 11) is 3.72. The summed E-state index contributed by atoms with van der Waals surface area (Å²) in [6.45, 7) is 0. The second-order valence-electron chi connectivity index (χ2n) is 5.19. The molecule has 1 aromatic rings. The first-order chi connectivity index (χ1) is 7.70. The Morgan fingerprint density at radius 1 is 1.31 bits per heavy atom. The van der Waals surface area contributed by atoms with Gasteiger partial charge in [-0.1, -0.05) is 24.3 Å². The Morgan fingerprint density at radius 3 is 2.81 bits per heavy atom. The molecule has 3 unspecified atom stereocenters. The van der Waals surface area contributed by atoms with Gasteiger partial charge in [-0.05, 0) is 35.8 Å². The minimum atomic E-state index is 0.263. The van der Waals surface area contributed by atoms with Gasteiger partial charge in [0.05, 0.1) is 0 Å². The van der Waals surface area contributed by atoms with E-state index >= 15 is 0 Å². The summed E-state index contributed by atoms with van der Waals surface area (Å²) in [5, 5.41) is 0. The first-order valence-corrected chi connectivity index (χ1v) is 5.99. The highest BCUT2D eigenvalue weighted by atomic mass is 16.2. The fourth-order valence-electron chi connectivity index (χ4n) is 3.20. The average Bonchev–Trinajstić information content (AvgIpc) is 3.02. The maximum Gasteiger partial charge on any atom is 0.226 e. The van der Waals surface area contributed by atoms with Crippen LogP contribution in [0.2, 0.25) is 0 Å². The summed E-state index contributed by atoms with van der Waals surface area (Å²) in [4.78, 5) is 13.7. The van der Waals surface area contributed by atoms with E-state index in [1.165, 1.54) is 17.5 Å². The highest BCUT2D eigenvalue weighted by molar-refractivity contribution is 5.83. The molecule has 1 fully saturated rings. The van der Waals surface area contributed by atoms with Crippen molar-refractivity contribution in [3.05, 3.63) is 35.4 Å². The zero-order chi connectivity index (χ0) is 11.3. The summed E-state index contributed by atoms with van der Waals surface area (Å²) < 4.78 is 0. The Bertz CT molecular complexity index is 438. The number of hydrogen-bond donors (Lipinski definition) is 0. The quantitative estimate of drug-likeness (QED) is 0.702. The molecular weight excluding hydrogens is 198 g/mol. The van der Waals surface area contributed by atoms with E-state index in [9.17, 15) is 4.79 Å². The van der Waals surface area contributed by atoms with Gasteiger partial charge in [0.1, 0.15) is 0 Å². The maximum absolute atomic E-state index is 12.0. The lowest BCUT2D eigenvalue weighted by molar-refractivity contribution is -0.130. The van der Waals surface area contributed by atoms with Crippen LogP contribution in [-0.4, -0.2) is 24.9 Å². The highest BCUT2D eigenvalue weighted by Gasteiger charge is 2.57. The van der Waals surface area contributed by atoms with Crippen LogP contribution in [0.4, 0.5) is 0 Å². The third-order valence-electron chi connectivity index (χ3n) is 4.06. The third kappa shape index (κ3) is 1.29. The molecule has 0 radical (unpaired) electrons. The van der Waals surface area contributed by atoms with Gasteiger partial charge in [-0.2, -0.15) is 0 Å². The van der Waals surface area contributed by atoms with E-state index in [0.29, 0.717) is 17.7 Å². The Hall–Kier alpha value is -1.31. The SMILES string of the molecule is CN(C)C(=O)C1C2CCc3ccccc3C21. The van der Waals surface area contributed by atoms with Gasteiger partial charge in [0.15, 0.2) is 0 Å². The van der Waals surface area contributed by atoms with Crippen LogP contribution in [0.25, 0.3) is 0 Å². The maximum atomic E-state index is 12.0. The van der Waals surface area contributed by atoms with E-state index in [-0.39, 0.29) is 5.92 Å². The van der Waals surface area contributed by atoms with Crippen molar-refractivity contribution in [3.8, 4) is 0 Å². The lowest BCUT2D eigenvalue weighted by Gasteiger charge is -2.13. The first-order valence-electron chi connectivity index (χ1n) is 5.99. The summed E-state index contributed by atoms with van der Waals surface area (Å²) in [5.74, 6) is 1.70. The summed E-state index contributed by atoms with van der Waals surface area (Å²) in [6.07, 6.45) is 2.33. The minimum Gasteiger partial charge on any atom is -0.349 e. The van der Waals surface area contributed by atoms with Crippen molar-refractivity contribution in [3.63, 3.8) is 0 Å². The molecule has 16 heavy (non-hydrogen) atoms. The lowest BCUT2D eigenvalue weighted by Crippen LogP contribution is -2.24. The van der Waals surface area contributed by atoms with Crippen molar-refractivity contribution in [2.75, 3.05) is 14.1 Å². The van der Waals surface area contributed by atoms with Gasteiger partial charge in [-0.15, -0.1) is 0 Å². The third-order valence-corrected chi connectivity index (χ3v) is 4.06. The Kier molecular flexibility index (Phi) is 2.06. The summed E-state index contributed by atoms with van der Waals surface area (Å²) in [6, 6.07) is 8.61. The molecular formula is C14H17NO. The van der Waals surface area contributed by atoms with Crippen LogP contribution in [0.1, 0.15) is 23.5 Å². The van der Waals surface area contributed by atoms with Gasteiger partial charge in [0.2, 0.25) is 5.91 Å². The van der Waals surface area contributed by atoms with Crippen LogP contribution in [0.3, 0.4) is 0 Å². The number of hydrogen-bond acceptors (Lipinski definition) is 1. The average molecular weight is 215 g/mol. The van der Waals surface area contributed by atoms with E-state index in [1.807, 2.05) is 14.1 Å². The molecule has 1 amide bonds. The number of rotatable bonds is 1. The van der Waals surface area contributed by atoms with Gasteiger partial charge in [0.25, 0.3) is 0 Å². The molecule has 1 aromatic carbocycles. The van der Waals surface area contributed by atoms with Gasteiger partial charge >= 0.3 is 0 Å². The zero-order valence-electron chi connectivity index (χ0n) is 9.81. The second kappa shape index (κ2) is 3.34. The van der Waals surface area contributed by atoms with E-state index in [2.05, 4.69) is 24.3 Å². The Morgan fingerprint density at radius 2 is 2.06 bits per heavy atom. The molecule has 0 saturated heterocycles. The van der Waals surface area contributed by atoms with Crippen LogP contribution < -0.4 is 0 Å². The number of carbonyl (C=O) groups excluding carboxylic acids is 1. The predicted molar refractivity (Wildman–Crippen MR) is 63.2 cm³/mol. The van der Waals surface area contributed by atoms with Crippen LogP contribution in [0.15, 0.2) is 24.3 Å². The van der Waals surface area contributed by atoms with Crippen LogP contribution in [0.5, 0.6) is 0 Å². The van der Waals surface area contributed by atoms with E-state index in [1.54, 1.807) is 4.90 Å². The Labute approximate surface area is 96.3 Å². The lowest BCUT2D eigenvalue weighted by atomic mass is 9.92. The predicted octanol–water partition coefficient (Wildman–Crippen LogP) is 2.05. The molecule has 3 atom stereocenters. The largest absolute Gasteiger partial charge is 0.349 e. The molecule has 1 saturated carbocycles. The normalized spacial score (nSPS) is 30.2. The Balaban J connectivity index is 1.90. The zero-order valence-corrected chi connectivity index (χ0v) is 9.81. The van der Waals surface area contributed by atoms with Gasteiger partial charge in [-0.25, -0.2) is 0 Å². The van der Waals surface area contributed by atoms with Crippen LogP contribution in [-0.2, 0) is 11.2 Å². The molecule has 0 heterocycles. The molecule has 84 valence electrons. The standard InChI is InChI=1S/C14H17NO/c1-15(2)14(16)13-11-8-7-9-5-3-4-6-10(9)12(11)13/h3-6,11-13H,7-8H2,1-2H3. The fourth-order valence-corrected chi connectivity index (χ4v) is 3.20. The number of carbonyl (C=O) groups is 1. The van der Waals surface area contributed by atoms with Crippen molar-refractivity contribution >= 4 is 5.91 Å². The van der Waals surface area contributed by atoms with Crippen molar-refractivity contribution in [2.24, 2.45) is 11.8 Å². The number of benzene rings is 1. The number of aryl methyl sites for hydroxylation is 1. The molecule has 0 aromatic heterocycles. The summed E-state index contributed by atoms with van der Waals surface area (Å²) in [5.41, 5.74) is 2.89. The van der Waals surface area contributed by atoms with Crippen LogP contribution >= 0.6 is 0 Å². The number of amides is 1. The second-order valence-corrected chi connectivity index (χ2v) is 5.19. The number of fused-ring (bicyclic) bond motifs is 3. The minimum absolute atomic E-state index is 0.263. The molecule has 0 bridgehead atoms. The first kappa shape index (κ1) is 9.88. The molecule has 0 aliphatic heterocycles. The van der Waals surface area contributed by atoms with Crippen molar-refractivity contribution in [1.29, 1.82) is 0 Å². The molecule has 2 aliphatic rings. The van der Waals surface area contributed by atoms with E-state index < -0.39 is 0 Å². The van der Waals surface area contributed by atoms with Crippen LogP contribution in [0, 0.1) is 11.8 Å². The smallest absolute Gasteiger partial charge is 0.226 e. The molecule has 2 aliphatic carbocycles. The number of nitrogens with zero attached hydrogens (tertiary/aromatic N) is 1. The van der Waals surface area contributed by atoms with Gasteiger partial charge < -0.3 is 4.90 Å². The van der Waals surface area contributed by atoms with Crippen molar-refractivity contribution in [2.45, 2.75) is 18.8 Å².